The minimum Gasteiger partial charge on any atom is -0.510 e. The van der Waals surface area contributed by atoms with Gasteiger partial charge in [0.25, 0.3) is 11.8 Å². The number of benzene rings is 1. The van der Waals surface area contributed by atoms with Crippen molar-refractivity contribution in [2.75, 3.05) is 6.61 Å². The van der Waals surface area contributed by atoms with Crippen molar-refractivity contribution in [1.29, 1.82) is 0 Å². The van der Waals surface area contributed by atoms with Crippen LogP contribution in [0.4, 0.5) is 0 Å². The summed E-state index contributed by atoms with van der Waals surface area (Å²) in [5, 5.41) is 28.8. The van der Waals surface area contributed by atoms with E-state index in [4.69, 9.17) is 15.4 Å². The molecule has 0 fully saturated rings. The second-order valence-electron chi connectivity index (χ2n) is 4.93. The zero-order valence-corrected chi connectivity index (χ0v) is 13.7. The molecule has 0 radical (unpaired) electrons. The lowest BCUT2D eigenvalue weighted by atomic mass is 10.1. The zero-order chi connectivity index (χ0) is 18.7. The highest BCUT2D eigenvalue weighted by Crippen LogP contribution is 2.04. The summed E-state index contributed by atoms with van der Waals surface area (Å²) in [5.74, 6) is 4.32. The van der Waals surface area contributed by atoms with Crippen molar-refractivity contribution in [2.45, 2.75) is 19.4 Å². The number of nitrogens with one attached hydrogen (secondary N) is 2. The SMILES string of the molecule is CC[C@H](NC(=O)c1ccc(C#C/C=C/C=C(\O)CO)cc1)C(=O)NO. The molecule has 0 spiro atoms. The normalized spacial score (nSPS) is 12.2. The van der Waals surface area contributed by atoms with E-state index in [9.17, 15) is 9.59 Å². The largest absolute Gasteiger partial charge is 0.510 e. The molecule has 1 aromatic rings. The minimum atomic E-state index is -0.814. The van der Waals surface area contributed by atoms with Crippen LogP contribution in [0.25, 0.3) is 0 Å². The lowest BCUT2D eigenvalue weighted by Gasteiger charge is -2.14. The highest BCUT2D eigenvalue weighted by Gasteiger charge is 2.18. The fourth-order valence-corrected chi connectivity index (χ4v) is 1.76. The molecule has 1 aromatic carbocycles. The second-order valence-corrected chi connectivity index (χ2v) is 4.93. The van der Waals surface area contributed by atoms with E-state index >= 15 is 0 Å². The molecule has 25 heavy (non-hydrogen) atoms. The Morgan fingerprint density at radius 3 is 2.52 bits per heavy atom. The van der Waals surface area contributed by atoms with Gasteiger partial charge >= 0.3 is 0 Å². The molecular formula is C18H20N2O5. The number of hydrogen-bond donors (Lipinski definition) is 5. The van der Waals surface area contributed by atoms with Crippen molar-refractivity contribution in [3.8, 4) is 11.8 Å². The van der Waals surface area contributed by atoms with Crippen LogP contribution in [0.5, 0.6) is 0 Å². The molecule has 7 heteroatoms. The smallest absolute Gasteiger partial charge is 0.265 e. The molecule has 5 N–H and O–H groups in total. The lowest BCUT2D eigenvalue weighted by molar-refractivity contribution is -0.131. The molecule has 0 bridgehead atoms. The van der Waals surface area contributed by atoms with Gasteiger partial charge in [0.1, 0.15) is 18.4 Å². The Labute approximate surface area is 145 Å². The molecular weight excluding hydrogens is 324 g/mol. The van der Waals surface area contributed by atoms with Gasteiger partial charge in [-0.15, -0.1) is 0 Å². The van der Waals surface area contributed by atoms with Gasteiger partial charge in [-0.05, 0) is 42.8 Å². The van der Waals surface area contributed by atoms with Gasteiger partial charge in [0.15, 0.2) is 0 Å². The molecule has 0 aliphatic carbocycles. The van der Waals surface area contributed by atoms with E-state index < -0.39 is 24.5 Å². The lowest BCUT2D eigenvalue weighted by Crippen LogP contribution is -2.45. The number of carbonyl (C=O) groups is 2. The quantitative estimate of drug-likeness (QED) is 0.174. The number of amides is 2. The molecule has 0 aromatic heterocycles. The van der Waals surface area contributed by atoms with E-state index in [1.54, 1.807) is 31.2 Å². The summed E-state index contributed by atoms with van der Waals surface area (Å²) < 4.78 is 0. The van der Waals surface area contributed by atoms with Crippen LogP contribution in [0.15, 0.2) is 48.3 Å². The van der Waals surface area contributed by atoms with Gasteiger partial charge in [0, 0.05) is 11.1 Å². The van der Waals surface area contributed by atoms with E-state index in [-0.39, 0.29) is 5.76 Å². The number of aliphatic hydroxyl groups is 2. The summed E-state index contributed by atoms with van der Waals surface area (Å²) in [4.78, 5) is 23.4. The van der Waals surface area contributed by atoms with E-state index in [0.29, 0.717) is 17.5 Å². The molecule has 1 rings (SSSR count). The number of carbonyl (C=O) groups excluding carboxylic acids is 2. The number of aliphatic hydroxyl groups excluding tert-OH is 2. The molecule has 0 saturated heterocycles. The third-order valence-electron chi connectivity index (χ3n) is 3.13. The average Bonchev–Trinajstić information content (AvgIpc) is 2.65. The van der Waals surface area contributed by atoms with E-state index in [0.717, 1.165) is 0 Å². The van der Waals surface area contributed by atoms with Crippen molar-refractivity contribution >= 4 is 11.8 Å². The Balaban J connectivity index is 2.70. The molecule has 0 heterocycles. The van der Waals surface area contributed by atoms with Gasteiger partial charge in [0.2, 0.25) is 0 Å². The molecule has 0 unspecified atom stereocenters. The standard InChI is InChI=1S/C18H20N2O5/c1-2-16(18(24)20-25)19-17(23)14-10-8-13(9-11-14)6-4-3-5-7-15(22)12-21/h3,5,7-11,16,21-22,25H,2,12H2,1H3,(H,19,23)(H,20,24)/b5-3+,15-7-/t16-/m0/s1. The minimum absolute atomic E-state index is 0.159. The third kappa shape index (κ3) is 6.91. The first-order chi connectivity index (χ1) is 12.0. The van der Waals surface area contributed by atoms with Gasteiger partial charge in [-0.25, -0.2) is 5.48 Å². The topological polar surface area (TPSA) is 119 Å². The second kappa shape index (κ2) is 10.6. The van der Waals surface area contributed by atoms with Gasteiger partial charge in [-0.2, -0.15) is 0 Å². The maximum Gasteiger partial charge on any atom is 0.265 e. The van der Waals surface area contributed by atoms with Crippen LogP contribution < -0.4 is 10.8 Å². The van der Waals surface area contributed by atoms with E-state index in [1.165, 1.54) is 23.7 Å². The highest BCUT2D eigenvalue weighted by molar-refractivity contribution is 5.97. The number of rotatable bonds is 6. The van der Waals surface area contributed by atoms with Crippen molar-refractivity contribution in [2.24, 2.45) is 0 Å². The average molecular weight is 344 g/mol. The van der Waals surface area contributed by atoms with Crippen LogP contribution in [0.2, 0.25) is 0 Å². The first kappa shape index (κ1) is 20.0. The van der Waals surface area contributed by atoms with Crippen molar-refractivity contribution < 1.29 is 25.0 Å². The van der Waals surface area contributed by atoms with E-state index in [2.05, 4.69) is 17.2 Å². The molecule has 1 atom stereocenters. The first-order valence-electron chi connectivity index (χ1n) is 7.53. The van der Waals surface area contributed by atoms with Gasteiger partial charge in [-0.1, -0.05) is 24.8 Å². The van der Waals surface area contributed by atoms with Crippen molar-refractivity contribution in [1.82, 2.24) is 10.8 Å². The maximum absolute atomic E-state index is 12.1. The van der Waals surface area contributed by atoms with Crippen LogP contribution in [0.3, 0.4) is 0 Å². The van der Waals surface area contributed by atoms with Crippen molar-refractivity contribution in [3.63, 3.8) is 0 Å². The van der Waals surface area contributed by atoms with Crippen LogP contribution in [0.1, 0.15) is 29.3 Å². The Bertz CT molecular complexity index is 711. The monoisotopic (exact) mass is 344 g/mol. The number of hydroxylamine groups is 1. The maximum atomic E-state index is 12.1. The summed E-state index contributed by atoms with van der Waals surface area (Å²) in [6.45, 7) is 1.28. The van der Waals surface area contributed by atoms with Gasteiger partial charge in [0.05, 0.1) is 0 Å². The molecule has 2 amide bonds. The predicted molar refractivity (Wildman–Crippen MR) is 91.7 cm³/mol. The predicted octanol–water partition coefficient (Wildman–Crippen LogP) is 1.04. The summed E-state index contributed by atoms with van der Waals surface area (Å²) in [6.07, 6.45) is 4.67. The summed E-state index contributed by atoms with van der Waals surface area (Å²) in [5.41, 5.74) is 2.55. The molecule has 0 aliphatic heterocycles. The van der Waals surface area contributed by atoms with Crippen LogP contribution in [-0.4, -0.2) is 39.9 Å². The summed E-state index contributed by atoms with van der Waals surface area (Å²) in [6, 6.07) is 5.65. The van der Waals surface area contributed by atoms with Crippen LogP contribution >= 0.6 is 0 Å². The Morgan fingerprint density at radius 1 is 1.28 bits per heavy atom. The van der Waals surface area contributed by atoms with Gasteiger partial charge < -0.3 is 15.5 Å². The van der Waals surface area contributed by atoms with Crippen LogP contribution in [0, 0.1) is 11.8 Å². The Kier molecular flexibility index (Phi) is 8.50. The fraction of sp³-hybridized carbons (Fsp3) is 0.222. The van der Waals surface area contributed by atoms with E-state index in [1.807, 2.05) is 0 Å². The van der Waals surface area contributed by atoms with Crippen LogP contribution in [-0.2, 0) is 4.79 Å². The number of allylic oxidation sites excluding steroid dienone is 3. The highest BCUT2D eigenvalue weighted by atomic mass is 16.5. The molecule has 0 aliphatic rings. The summed E-state index contributed by atoms with van der Waals surface area (Å²) >= 11 is 0. The molecule has 0 saturated carbocycles. The third-order valence-corrected chi connectivity index (χ3v) is 3.13. The molecule has 7 nitrogen and oxygen atoms in total. The fourth-order valence-electron chi connectivity index (χ4n) is 1.76. The van der Waals surface area contributed by atoms with Crippen molar-refractivity contribution in [3.05, 3.63) is 59.4 Å². The molecule has 132 valence electrons. The number of hydrogen-bond acceptors (Lipinski definition) is 5. The van der Waals surface area contributed by atoms with Gasteiger partial charge in [-0.3, -0.25) is 14.8 Å². The Morgan fingerprint density at radius 2 is 1.96 bits per heavy atom. The zero-order valence-electron chi connectivity index (χ0n) is 13.7. The Hall–Kier alpha value is -3.08. The summed E-state index contributed by atoms with van der Waals surface area (Å²) in [7, 11) is 0. The first-order valence-corrected chi connectivity index (χ1v) is 7.53.